The van der Waals surface area contributed by atoms with Crippen LogP contribution >= 0.6 is 0 Å². The summed E-state index contributed by atoms with van der Waals surface area (Å²) >= 11 is 0. The SMILES string of the molecule is COC(=O)C(N)CC(=O)c1ccc(C)cc1C. The molecule has 0 aliphatic heterocycles. The summed E-state index contributed by atoms with van der Waals surface area (Å²) in [6, 6.07) is 4.66. The summed E-state index contributed by atoms with van der Waals surface area (Å²) in [5.41, 5.74) is 8.15. The van der Waals surface area contributed by atoms with E-state index in [0.29, 0.717) is 5.56 Å². The van der Waals surface area contributed by atoms with Gasteiger partial charge in [-0.3, -0.25) is 9.59 Å². The van der Waals surface area contributed by atoms with Gasteiger partial charge in [-0.25, -0.2) is 0 Å². The predicted octanol–water partition coefficient (Wildman–Crippen LogP) is 1.38. The fraction of sp³-hybridized carbons (Fsp3) is 0.385. The first kappa shape index (κ1) is 13.4. The third-order valence-electron chi connectivity index (χ3n) is 2.59. The van der Waals surface area contributed by atoms with Gasteiger partial charge in [0.25, 0.3) is 0 Å². The summed E-state index contributed by atoms with van der Waals surface area (Å²) in [7, 11) is 1.25. The Morgan fingerprint density at radius 3 is 2.53 bits per heavy atom. The third kappa shape index (κ3) is 3.39. The first-order valence-electron chi connectivity index (χ1n) is 5.39. The van der Waals surface area contributed by atoms with Crippen molar-refractivity contribution in [3.63, 3.8) is 0 Å². The molecule has 0 amide bonds. The largest absolute Gasteiger partial charge is 0.468 e. The molecule has 0 bridgehead atoms. The third-order valence-corrected chi connectivity index (χ3v) is 2.59. The van der Waals surface area contributed by atoms with Crippen LogP contribution in [0.15, 0.2) is 18.2 Å². The van der Waals surface area contributed by atoms with Crippen LogP contribution in [0.25, 0.3) is 0 Å². The van der Waals surface area contributed by atoms with Crippen molar-refractivity contribution in [1.82, 2.24) is 0 Å². The summed E-state index contributed by atoms with van der Waals surface area (Å²) in [6.45, 7) is 3.82. The van der Waals surface area contributed by atoms with Gasteiger partial charge in [-0.05, 0) is 19.4 Å². The number of carbonyl (C=O) groups is 2. The maximum absolute atomic E-state index is 11.9. The number of hydrogen-bond acceptors (Lipinski definition) is 4. The summed E-state index contributed by atoms with van der Waals surface area (Å²) in [5.74, 6) is -0.705. The van der Waals surface area contributed by atoms with Crippen molar-refractivity contribution in [3.05, 3.63) is 34.9 Å². The first-order chi connectivity index (χ1) is 7.95. The molecule has 1 atom stereocenters. The maximum atomic E-state index is 11.9. The van der Waals surface area contributed by atoms with Crippen LogP contribution in [0.3, 0.4) is 0 Å². The number of methoxy groups -OCH3 is 1. The maximum Gasteiger partial charge on any atom is 0.323 e. The van der Waals surface area contributed by atoms with Crippen molar-refractivity contribution < 1.29 is 14.3 Å². The quantitative estimate of drug-likeness (QED) is 0.632. The number of aryl methyl sites for hydroxylation is 2. The highest BCUT2D eigenvalue weighted by Crippen LogP contribution is 2.13. The lowest BCUT2D eigenvalue weighted by Gasteiger charge is -2.10. The van der Waals surface area contributed by atoms with E-state index in [1.807, 2.05) is 26.0 Å². The molecule has 0 aliphatic rings. The molecule has 2 N–H and O–H groups in total. The highest BCUT2D eigenvalue weighted by molar-refractivity contribution is 6.00. The lowest BCUT2D eigenvalue weighted by atomic mass is 9.98. The van der Waals surface area contributed by atoms with Gasteiger partial charge < -0.3 is 10.5 Å². The van der Waals surface area contributed by atoms with Crippen LogP contribution in [0, 0.1) is 13.8 Å². The summed E-state index contributed by atoms with van der Waals surface area (Å²) in [5, 5.41) is 0. The molecular formula is C13H17NO3. The zero-order chi connectivity index (χ0) is 13.0. The number of esters is 1. The molecule has 1 aromatic carbocycles. The topological polar surface area (TPSA) is 69.4 Å². The number of ether oxygens (including phenoxy) is 1. The molecule has 0 spiro atoms. The van der Waals surface area contributed by atoms with Crippen LogP contribution in [-0.2, 0) is 9.53 Å². The zero-order valence-corrected chi connectivity index (χ0v) is 10.3. The number of rotatable bonds is 4. The predicted molar refractivity (Wildman–Crippen MR) is 64.9 cm³/mol. The average Bonchev–Trinajstić information content (AvgIpc) is 2.27. The fourth-order valence-corrected chi connectivity index (χ4v) is 1.67. The van der Waals surface area contributed by atoms with Crippen LogP contribution in [0.5, 0.6) is 0 Å². The Labute approximate surface area is 101 Å². The van der Waals surface area contributed by atoms with E-state index in [-0.39, 0.29) is 12.2 Å². The van der Waals surface area contributed by atoms with Gasteiger partial charge in [-0.1, -0.05) is 23.8 Å². The number of carbonyl (C=O) groups excluding carboxylic acids is 2. The monoisotopic (exact) mass is 235 g/mol. The van der Waals surface area contributed by atoms with E-state index in [1.165, 1.54) is 7.11 Å². The van der Waals surface area contributed by atoms with Crippen LogP contribution < -0.4 is 5.73 Å². The van der Waals surface area contributed by atoms with E-state index in [1.54, 1.807) is 6.07 Å². The van der Waals surface area contributed by atoms with Crippen molar-refractivity contribution in [2.45, 2.75) is 26.3 Å². The summed E-state index contributed by atoms with van der Waals surface area (Å²) in [6.07, 6.45) is -0.0312. The standard InChI is InChI=1S/C13H17NO3/c1-8-4-5-10(9(2)6-8)12(15)7-11(14)13(16)17-3/h4-6,11H,7,14H2,1-3H3. The first-order valence-corrected chi connectivity index (χ1v) is 5.39. The highest BCUT2D eigenvalue weighted by Gasteiger charge is 2.19. The summed E-state index contributed by atoms with van der Waals surface area (Å²) in [4.78, 5) is 23.0. The van der Waals surface area contributed by atoms with Crippen molar-refractivity contribution in [1.29, 1.82) is 0 Å². The molecule has 0 heterocycles. The summed E-state index contributed by atoms with van der Waals surface area (Å²) < 4.78 is 4.48. The van der Waals surface area contributed by atoms with E-state index >= 15 is 0 Å². The van der Waals surface area contributed by atoms with Crippen molar-refractivity contribution in [3.8, 4) is 0 Å². The Hall–Kier alpha value is -1.68. The molecule has 0 aromatic heterocycles. The molecule has 1 unspecified atom stereocenters. The van der Waals surface area contributed by atoms with Gasteiger partial charge in [0, 0.05) is 12.0 Å². The average molecular weight is 235 g/mol. The molecule has 1 rings (SSSR count). The number of hydrogen-bond donors (Lipinski definition) is 1. The van der Waals surface area contributed by atoms with Gasteiger partial charge in [0.1, 0.15) is 6.04 Å². The Morgan fingerprint density at radius 1 is 1.35 bits per heavy atom. The van der Waals surface area contributed by atoms with Gasteiger partial charge in [0.15, 0.2) is 5.78 Å². The molecule has 0 radical (unpaired) electrons. The second kappa shape index (κ2) is 5.59. The second-order valence-corrected chi connectivity index (χ2v) is 4.08. The van der Waals surface area contributed by atoms with E-state index in [9.17, 15) is 9.59 Å². The van der Waals surface area contributed by atoms with Crippen LogP contribution in [0.1, 0.15) is 27.9 Å². The van der Waals surface area contributed by atoms with E-state index in [0.717, 1.165) is 11.1 Å². The minimum absolute atomic E-state index is 0.0312. The van der Waals surface area contributed by atoms with Crippen LogP contribution in [-0.4, -0.2) is 24.9 Å². The molecule has 17 heavy (non-hydrogen) atoms. The van der Waals surface area contributed by atoms with Crippen molar-refractivity contribution in [2.75, 3.05) is 7.11 Å². The molecule has 0 fully saturated rings. The normalized spacial score (nSPS) is 12.0. The van der Waals surface area contributed by atoms with E-state index in [2.05, 4.69) is 4.74 Å². The molecule has 0 aliphatic carbocycles. The van der Waals surface area contributed by atoms with Gasteiger partial charge >= 0.3 is 5.97 Å². The molecule has 0 saturated heterocycles. The number of nitrogens with two attached hydrogens (primary N) is 1. The molecular weight excluding hydrogens is 218 g/mol. The number of Topliss-reactive ketones (excluding diaryl/α,β-unsaturated/α-hetero) is 1. The number of benzene rings is 1. The minimum Gasteiger partial charge on any atom is -0.468 e. The lowest BCUT2D eigenvalue weighted by Crippen LogP contribution is -2.34. The second-order valence-electron chi connectivity index (χ2n) is 4.08. The Bertz CT molecular complexity index is 440. The van der Waals surface area contributed by atoms with Gasteiger partial charge in [0.05, 0.1) is 7.11 Å². The Balaban J connectivity index is 2.80. The minimum atomic E-state index is -0.895. The van der Waals surface area contributed by atoms with Crippen LogP contribution in [0.2, 0.25) is 0 Å². The van der Waals surface area contributed by atoms with E-state index < -0.39 is 12.0 Å². The van der Waals surface area contributed by atoms with E-state index in [4.69, 9.17) is 5.73 Å². The fourth-order valence-electron chi connectivity index (χ4n) is 1.67. The highest BCUT2D eigenvalue weighted by atomic mass is 16.5. The van der Waals surface area contributed by atoms with Gasteiger partial charge in [-0.2, -0.15) is 0 Å². The van der Waals surface area contributed by atoms with Gasteiger partial charge in [-0.15, -0.1) is 0 Å². The Kier molecular flexibility index (Phi) is 4.40. The molecule has 4 heteroatoms. The molecule has 1 aromatic rings. The van der Waals surface area contributed by atoms with Gasteiger partial charge in [0.2, 0.25) is 0 Å². The van der Waals surface area contributed by atoms with Crippen molar-refractivity contribution >= 4 is 11.8 Å². The lowest BCUT2D eigenvalue weighted by molar-refractivity contribution is -0.142. The molecule has 0 saturated carbocycles. The molecule has 92 valence electrons. The molecule has 4 nitrogen and oxygen atoms in total. The van der Waals surface area contributed by atoms with Crippen molar-refractivity contribution in [2.24, 2.45) is 5.73 Å². The zero-order valence-electron chi connectivity index (χ0n) is 10.3. The Morgan fingerprint density at radius 2 is 2.00 bits per heavy atom. The smallest absolute Gasteiger partial charge is 0.323 e. The number of ketones is 1. The van der Waals surface area contributed by atoms with Crippen LogP contribution in [0.4, 0.5) is 0 Å².